The Morgan fingerprint density at radius 2 is 1.21 bits per heavy atom. The summed E-state index contributed by atoms with van der Waals surface area (Å²) in [4.78, 5) is 18.8. The fourth-order valence-corrected chi connectivity index (χ4v) is 0.971. The molecule has 0 radical (unpaired) electrons. The van der Waals surface area contributed by atoms with Gasteiger partial charge in [0, 0.05) is 6.42 Å². The molecule has 0 spiro atoms. The van der Waals surface area contributed by atoms with E-state index in [1.54, 1.807) is 0 Å². The van der Waals surface area contributed by atoms with Crippen LogP contribution in [-0.2, 0) is 29.1 Å². The molecule has 0 heterocycles. The monoisotopic (exact) mass is 356 g/mol. The second-order valence-electron chi connectivity index (χ2n) is 4.15. The van der Waals surface area contributed by atoms with E-state index in [4.69, 9.17) is 16.2 Å². The normalized spacial score (nSPS) is 7.16. The Balaban J connectivity index is -0.0000000615. The minimum Gasteiger partial charge on any atom is -0.545 e. The second kappa shape index (κ2) is 43.2. The minimum absolute atomic E-state index is 0. The molecule has 0 saturated carbocycles. The first-order chi connectivity index (χ1) is 8.65. The summed E-state index contributed by atoms with van der Waals surface area (Å²) in [6.07, 6.45) is 7.70. The third kappa shape index (κ3) is 100. The Morgan fingerprint density at radius 3 is 1.53 bits per heavy atom. The first-order valence-corrected chi connectivity index (χ1v) is 6.22. The summed E-state index contributed by atoms with van der Waals surface area (Å²) in [6.45, 7) is 22.2. The molecule has 0 N–H and O–H groups in total. The molecule has 0 rings (SSSR count). The molecule has 112 valence electrons. The Bertz CT molecular complexity index is 154. The van der Waals surface area contributed by atoms with Crippen LogP contribution in [0.3, 0.4) is 0 Å². The van der Waals surface area contributed by atoms with Gasteiger partial charge in [-0.2, -0.15) is 20.8 Å². The van der Waals surface area contributed by atoms with E-state index >= 15 is 0 Å². The molecular formula is C15H28NO2Ru+. The van der Waals surface area contributed by atoms with E-state index in [1.165, 1.54) is 38.0 Å². The molecule has 0 aliphatic rings. The van der Waals surface area contributed by atoms with Crippen molar-refractivity contribution in [3.63, 3.8) is 0 Å². The molecule has 19 heavy (non-hydrogen) atoms. The van der Waals surface area contributed by atoms with Gasteiger partial charge in [0.2, 0.25) is 6.54 Å². The van der Waals surface area contributed by atoms with E-state index in [-0.39, 0.29) is 19.5 Å². The van der Waals surface area contributed by atoms with Crippen LogP contribution in [0.25, 0.3) is 4.85 Å². The predicted octanol–water partition coefficient (Wildman–Crippen LogP) is 4.34. The molecule has 0 aromatic carbocycles. The number of nitrogens with zero attached hydrogens (tertiary/aromatic N) is 1. The molecule has 3 nitrogen and oxygen atoms in total. The minimum atomic E-state index is 0. The number of hydrogen-bond acceptors (Lipinski definition) is 2. The molecule has 0 bridgehead atoms. The van der Waals surface area contributed by atoms with Gasteiger partial charge in [-0.05, 0) is 6.42 Å². The zero-order chi connectivity index (χ0) is 15.2. The molecule has 0 amide bonds. The number of hydrogen-bond donors (Lipinski definition) is 0. The fourth-order valence-electron chi connectivity index (χ4n) is 0.971. The van der Waals surface area contributed by atoms with Crippen molar-refractivity contribution in [3.05, 3.63) is 17.3 Å². The smallest absolute Gasteiger partial charge is 0.545 e. The summed E-state index contributed by atoms with van der Waals surface area (Å²) in [5, 5.41) is 0. The summed E-state index contributed by atoms with van der Waals surface area (Å²) in [7, 11) is 0. The van der Waals surface area contributed by atoms with Gasteiger partial charge < -0.3 is 20.4 Å². The SMILES string of the molecule is C[C-](C)C.[C-]#[N+]CCCCCCCC.[CH-]=O.[CH-]=O.[Ru+4]. The van der Waals surface area contributed by atoms with Gasteiger partial charge in [0.25, 0.3) is 0 Å². The molecule has 0 aromatic rings. The van der Waals surface area contributed by atoms with Crippen molar-refractivity contribution in [2.45, 2.75) is 66.2 Å². The van der Waals surface area contributed by atoms with Crippen molar-refractivity contribution in [1.82, 2.24) is 0 Å². The maximum absolute atomic E-state index is 7.75. The molecule has 0 aromatic heterocycles. The van der Waals surface area contributed by atoms with E-state index in [0.29, 0.717) is 0 Å². The topological polar surface area (TPSA) is 38.5 Å². The van der Waals surface area contributed by atoms with Crippen LogP contribution in [0.4, 0.5) is 0 Å². The van der Waals surface area contributed by atoms with Gasteiger partial charge in [0.05, 0.1) is 0 Å². The van der Waals surface area contributed by atoms with E-state index in [0.717, 1.165) is 13.0 Å². The zero-order valence-electron chi connectivity index (χ0n) is 12.7. The average molecular weight is 355 g/mol. The standard InChI is InChI=1S/C9H17N.C4H9.2CHO.Ru/c1-3-4-5-6-7-8-9-10-2;1-4(2)3;2*1-2;/h3-9H2,1H3;1-3H3;2*1H;/q;3*-1;+4. The van der Waals surface area contributed by atoms with E-state index < -0.39 is 0 Å². The van der Waals surface area contributed by atoms with Gasteiger partial charge in [-0.15, -0.1) is 0 Å². The number of rotatable bonds is 6. The van der Waals surface area contributed by atoms with Gasteiger partial charge in [-0.3, -0.25) is 13.6 Å². The van der Waals surface area contributed by atoms with Crippen LogP contribution in [0.5, 0.6) is 0 Å². The summed E-state index contributed by atoms with van der Waals surface area (Å²) in [5.74, 6) is 1.42. The second-order valence-corrected chi connectivity index (χ2v) is 4.15. The third-order valence-electron chi connectivity index (χ3n) is 1.62. The van der Waals surface area contributed by atoms with Crippen molar-refractivity contribution >= 4 is 13.6 Å². The summed E-state index contributed by atoms with van der Waals surface area (Å²) < 4.78 is 0. The Morgan fingerprint density at radius 1 is 0.895 bits per heavy atom. The fraction of sp³-hybridized carbons (Fsp3) is 0.733. The molecular weight excluding hydrogens is 327 g/mol. The van der Waals surface area contributed by atoms with Crippen molar-refractivity contribution in [1.29, 1.82) is 0 Å². The van der Waals surface area contributed by atoms with Crippen molar-refractivity contribution < 1.29 is 29.1 Å². The third-order valence-corrected chi connectivity index (χ3v) is 1.62. The van der Waals surface area contributed by atoms with Crippen LogP contribution in [0.15, 0.2) is 0 Å². The quantitative estimate of drug-likeness (QED) is 0.308. The largest absolute Gasteiger partial charge is 4.00 e. The van der Waals surface area contributed by atoms with Gasteiger partial charge in [0.1, 0.15) is 0 Å². The first kappa shape index (κ1) is 31.1. The van der Waals surface area contributed by atoms with Gasteiger partial charge in [-0.1, -0.05) is 32.6 Å². The molecule has 0 aliphatic carbocycles. The molecule has 0 atom stereocenters. The Hall–Kier alpha value is -0.547. The van der Waals surface area contributed by atoms with Crippen LogP contribution in [0, 0.1) is 12.5 Å². The van der Waals surface area contributed by atoms with Crippen LogP contribution >= 0.6 is 0 Å². The van der Waals surface area contributed by atoms with Gasteiger partial charge in [0.15, 0.2) is 0 Å². The van der Waals surface area contributed by atoms with Crippen LogP contribution in [-0.4, -0.2) is 20.1 Å². The van der Waals surface area contributed by atoms with Crippen molar-refractivity contribution in [2.24, 2.45) is 0 Å². The van der Waals surface area contributed by atoms with E-state index in [1.807, 2.05) is 0 Å². The molecule has 4 heteroatoms. The maximum atomic E-state index is 7.75. The maximum Gasteiger partial charge on any atom is 4.00 e. The van der Waals surface area contributed by atoms with E-state index in [9.17, 15) is 0 Å². The number of carbonyl (C=O) groups excluding carboxylic acids is 2. The predicted molar refractivity (Wildman–Crippen MR) is 78.6 cm³/mol. The molecule has 0 fully saturated rings. The summed E-state index contributed by atoms with van der Waals surface area (Å²) in [6, 6.07) is 0. The van der Waals surface area contributed by atoms with Gasteiger partial charge >= 0.3 is 19.5 Å². The molecule has 0 saturated heterocycles. The molecule has 0 unspecified atom stereocenters. The molecule has 0 aliphatic heterocycles. The zero-order valence-corrected chi connectivity index (χ0v) is 14.5. The first-order valence-electron chi connectivity index (χ1n) is 6.22. The summed E-state index contributed by atoms with van der Waals surface area (Å²) in [5.41, 5.74) is 0. The number of unbranched alkanes of at least 4 members (excludes halogenated alkanes) is 5. The van der Waals surface area contributed by atoms with Crippen LogP contribution < -0.4 is 0 Å². The van der Waals surface area contributed by atoms with Crippen molar-refractivity contribution in [3.8, 4) is 0 Å². The van der Waals surface area contributed by atoms with Crippen LogP contribution in [0.1, 0.15) is 66.2 Å². The van der Waals surface area contributed by atoms with Crippen LogP contribution in [0.2, 0.25) is 0 Å². The van der Waals surface area contributed by atoms with Crippen molar-refractivity contribution in [2.75, 3.05) is 6.54 Å². The average Bonchev–Trinajstić information content (AvgIpc) is 2.38. The summed E-state index contributed by atoms with van der Waals surface area (Å²) >= 11 is 0. The Labute approximate surface area is 133 Å². The Kier molecular flexibility index (Phi) is 70.7. The van der Waals surface area contributed by atoms with Gasteiger partial charge in [-0.25, -0.2) is 6.57 Å². The van der Waals surface area contributed by atoms with E-state index in [2.05, 4.69) is 46.1 Å².